The number of nitrogens with zero attached hydrogens (tertiary/aromatic N) is 2. The lowest BCUT2D eigenvalue weighted by molar-refractivity contribution is 0.645. The minimum absolute atomic E-state index is 0.107. The van der Waals surface area contributed by atoms with Crippen LogP contribution in [0.5, 0.6) is 0 Å². The van der Waals surface area contributed by atoms with Gasteiger partial charge in [0, 0.05) is 49.3 Å². The van der Waals surface area contributed by atoms with Crippen LogP contribution in [0.2, 0.25) is 0 Å². The summed E-state index contributed by atoms with van der Waals surface area (Å²) in [5.74, 6) is 0. The van der Waals surface area contributed by atoms with Gasteiger partial charge in [-0.25, -0.2) is 0 Å². The molecule has 2 heterocycles. The van der Waals surface area contributed by atoms with Crippen molar-refractivity contribution in [3.05, 3.63) is 169 Å². The van der Waals surface area contributed by atoms with Gasteiger partial charge in [0.05, 0.1) is 22.1 Å². The van der Waals surface area contributed by atoms with Gasteiger partial charge in [-0.1, -0.05) is 129 Å². The number of hydrogen-bond acceptors (Lipinski definition) is 0. The largest absolute Gasteiger partial charge is 0.309 e. The molecule has 2 nitrogen and oxygen atoms in total. The molecular weight excluding hydrogens is 593 g/mol. The van der Waals surface area contributed by atoms with E-state index < -0.39 is 0 Å². The lowest BCUT2D eigenvalue weighted by atomic mass is 9.68. The van der Waals surface area contributed by atoms with Gasteiger partial charge in [-0.2, -0.15) is 0 Å². The van der Waals surface area contributed by atoms with Crippen molar-refractivity contribution in [1.29, 1.82) is 0 Å². The zero-order chi connectivity index (χ0) is 32.4. The van der Waals surface area contributed by atoms with E-state index in [-0.39, 0.29) is 5.41 Å². The predicted octanol–water partition coefficient (Wildman–Crippen LogP) is 12.5. The summed E-state index contributed by atoms with van der Waals surface area (Å²) in [6.45, 7) is 4.76. The van der Waals surface area contributed by atoms with Crippen molar-refractivity contribution in [3.63, 3.8) is 0 Å². The van der Waals surface area contributed by atoms with Crippen molar-refractivity contribution < 1.29 is 0 Å². The van der Waals surface area contributed by atoms with Crippen molar-refractivity contribution in [3.8, 4) is 22.5 Å². The first-order chi connectivity index (χ1) is 24.1. The van der Waals surface area contributed by atoms with Crippen LogP contribution in [-0.2, 0) is 5.41 Å². The molecule has 1 aliphatic rings. The Bertz CT molecular complexity index is 2950. The van der Waals surface area contributed by atoms with Gasteiger partial charge in [0.1, 0.15) is 0 Å². The van der Waals surface area contributed by atoms with Gasteiger partial charge < -0.3 is 9.13 Å². The van der Waals surface area contributed by atoms with Gasteiger partial charge in [-0.3, -0.25) is 0 Å². The first kappa shape index (κ1) is 26.9. The third-order valence-electron chi connectivity index (χ3n) is 11.3. The second-order valence-corrected chi connectivity index (χ2v) is 14.1. The average molecular weight is 625 g/mol. The normalized spacial score (nSPS) is 13.7. The number of hydrogen-bond donors (Lipinski definition) is 0. The van der Waals surface area contributed by atoms with Crippen LogP contribution in [-0.4, -0.2) is 9.13 Å². The minimum atomic E-state index is -0.107. The lowest BCUT2D eigenvalue weighted by Gasteiger charge is -2.35. The Morgan fingerprint density at radius 1 is 0.408 bits per heavy atom. The summed E-state index contributed by atoms with van der Waals surface area (Å²) in [6, 6.07) is 58.6. The molecule has 230 valence electrons. The smallest absolute Gasteiger partial charge is 0.0626 e. The summed E-state index contributed by atoms with van der Waals surface area (Å²) >= 11 is 0. The molecule has 2 heteroatoms. The fraction of sp³-hybridized carbons (Fsp3) is 0.0638. The number of para-hydroxylation sites is 2. The Balaban J connectivity index is 1.28. The molecule has 8 aromatic carbocycles. The quantitative estimate of drug-likeness (QED) is 0.181. The van der Waals surface area contributed by atoms with Crippen molar-refractivity contribution in [2.45, 2.75) is 19.3 Å². The van der Waals surface area contributed by atoms with E-state index in [0.29, 0.717) is 0 Å². The van der Waals surface area contributed by atoms with Gasteiger partial charge >= 0.3 is 0 Å². The molecule has 0 saturated carbocycles. The molecule has 0 radical (unpaired) electrons. The maximum atomic E-state index is 2.56. The molecule has 49 heavy (non-hydrogen) atoms. The van der Waals surface area contributed by atoms with Gasteiger partial charge in [-0.05, 0) is 75.3 Å². The van der Waals surface area contributed by atoms with Crippen LogP contribution in [0.1, 0.15) is 25.0 Å². The highest BCUT2D eigenvalue weighted by Gasteiger charge is 2.35. The van der Waals surface area contributed by atoms with Gasteiger partial charge in [-0.15, -0.1) is 0 Å². The fourth-order valence-electron chi connectivity index (χ4n) is 9.09. The number of rotatable bonds is 2. The molecule has 1 aliphatic carbocycles. The molecular formula is C47H32N2. The Labute approximate surface area is 284 Å². The van der Waals surface area contributed by atoms with Crippen molar-refractivity contribution in [2.24, 2.45) is 0 Å². The predicted molar refractivity (Wildman–Crippen MR) is 208 cm³/mol. The molecule has 0 spiro atoms. The Kier molecular flexibility index (Phi) is 5.21. The molecule has 0 atom stereocenters. The van der Waals surface area contributed by atoms with Gasteiger partial charge in [0.2, 0.25) is 0 Å². The van der Waals surface area contributed by atoms with Crippen LogP contribution in [0.4, 0.5) is 0 Å². The van der Waals surface area contributed by atoms with Crippen molar-refractivity contribution in [2.75, 3.05) is 0 Å². The summed E-state index contributed by atoms with van der Waals surface area (Å²) in [6.07, 6.45) is 0. The SMILES string of the molecule is CC1(C)c2ccccc2-c2c3c1cccc3cc1c3ccc4ccccc4c3n(-c3ccc(-n4c5ccccc5c5ccccc54)cc3)c21. The molecule has 0 saturated heterocycles. The van der Waals surface area contributed by atoms with E-state index in [0.717, 1.165) is 11.4 Å². The fourth-order valence-corrected chi connectivity index (χ4v) is 9.09. The molecule has 11 rings (SSSR count). The second kappa shape index (κ2) is 9.49. The van der Waals surface area contributed by atoms with E-state index in [1.165, 1.54) is 87.4 Å². The average Bonchev–Trinajstić information content (AvgIpc) is 3.66. The number of benzene rings is 8. The van der Waals surface area contributed by atoms with Gasteiger partial charge in [0.25, 0.3) is 0 Å². The van der Waals surface area contributed by atoms with E-state index >= 15 is 0 Å². The standard InChI is InChI=1S/C47H32N2/c1-47(2)39-18-8-5-17-37(39)44-43-30(13-11-19-40(43)47)28-38-36-27-22-29-12-3-4-14-33(29)45(36)49(46(38)44)32-25-23-31(24-26-32)48-41-20-9-6-15-34(41)35-16-7-10-21-42(35)48/h3-28H,1-2H3. The monoisotopic (exact) mass is 624 g/mol. The van der Waals surface area contributed by atoms with Crippen LogP contribution < -0.4 is 0 Å². The van der Waals surface area contributed by atoms with Crippen molar-refractivity contribution in [1.82, 2.24) is 9.13 Å². The Morgan fingerprint density at radius 3 is 1.76 bits per heavy atom. The summed E-state index contributed by atoms with van der Waals surface area (Å²) < 4.78 is 4.96. The molecule has 0 aliphatic heterocycles. The zero-order valence-electron chi connectivity index (χ0n) is 27.4. The maximum Gasteiger partial charge on any atom is 0.0626 e. The van der Waals surface area contributed by atoms with E-state index in [2.05, 4.69) is 181 Å². The Hall–Kier alpha value is -6.12. The Morgan fingerprint density at radius 2 is 1.00 bits per heavy atom. The second-order valence-electron chi connectivity index (χ2n) is 14.1. The number of fused-ring (bicyclic) bond motifs is 11. The summed E-state index contributed by atoms with van der Waals surface area (Å²) in [4.78, 5) is 0. The zero-order valence-corrected chi connectivity index (χ0v) is 27.4. The molecule has 10 aromatic rings. The van der Waals surface area contributed by atoms with Crippen molar-refractivity contribution >= 4 is 65.2 Å². The van der Waals surface area contributed by atoms with E-state index in [1.54, 1.807) is 0 Å². The molecule has 0 fully saturated rings. The van der Waals surface area contributed by atoms with Crippen LogP contribution in [0.25, 0.3) is 87.7 Å². The molecule has 0 bridgehead atoms. The molecule has 0 N–H and O–H groups in total. The molecule has 0 amide bonds. The lowest BCUT2D eigenvalue weighted by Crippen LogP contribution is -2.23. The van der Waals surface area contributed by atoms with Crippen LogP contribution in [0.15, 0.2) is 158 Å². The summed E-state index contributed by atoms with van der Waals surface area (Å²) in [5.41, 5.74) is 12.6. The van der Waals surface area contributed by atoms with Crippen LogP contribution in [0, 0.1) is 0 Å². The minimum Gasteiger partial charge on any atom is -0.309 e. The maximum absolute atomic E-state index is 2.56. The first-order valence-corrected chi connectivity index (χ1v) is 17.2. The van der Waals surface area contributed by atoms with E-state index in [1.807, 2.05) is 0 Å². The van der Waals surface area contributed by atoms with Gasteiger partial charge in [0.15, 0.2) is 0 Å². The topological polar surface area (TPSA) is 9.86 Å². The van der Waals surface area contributed by atoms with Crippen LogP contribution in [0.3, 0.4) is 0 Å². The van der Waals surface area contributed by atoms with E-state index in [4.69, 9.17) is 0 Å². The third-order valence-corrected chi connectivity index (χ3v) is 11.3. The summed E-state index contributed by atoms with van der Waals surface area (Å²) in [7, 11) is 0. The first-order valence-electron chi connectivity index (χ1n) is 17.2. The summed E-state index contributed by atoms with van der Waals surface area (Å²) in [5, 5.41) is 10.3. The third kappa shape index (κ3) is 3.45. The van der Waals surface area contributed by atoms with Crippen LogP contribution >= 0.6 is 0 Å². The molecule has 2 aromatic heterocycles. The highest BCUT2D eigenvalue weighted by molar-refractivity contribution is 6.26. The highest BCUT2D eigenvalue weighted by Crippen LogP contribution is 2.53. The molecule has 0 unspecified atom stereocenters. The number of aromatic nitrogens is 2. The highest BCUT2D eigenvalue weighted by atomic mass is 15.0. The van der Waals surface area contributed by atoms with E-state index in [9.17, 15) is 0 Å².